The smallest absolute Gasteiger partial charge is 0.337 e. The number of aromatic carboxylic acids is 1. The first-order valence-electron chi connectivity index (χ1n) is 4.66. The second-order valence-corrected chi connectivity index (χ2v) is 2.47. The first-order valence-corrected chi connectivity index (χ1v) is 4.66. The van der Waals surface area contributed by atoms with Gasteiger partial charge in [0, 0.05) is 12.4 Å². The molecule has 0 aliphatic rings. The molecule has 0 saturated heterocycles. The van der Waals surface area contributed by atoms with Crippen molar-refractivity contribution in [2.75, 3.05) is 0 Å². The van der Waals surface area contributed by atoms with Gasteiger partial charge >= 0.3 is 5.97 Å². The van der Waals surface area contributed by atoms with Crippen LogP contribution in [0.3, 0.4) is 0 Å². The molecule has 1 N–H and O–H groups in total. The lowest BCUT2D eigenvalue weighted by Crippen LogP contribution is -2.30. The van der Waals surface area contributed by atoms with Crippen molar-refractivity contribution < 1.29 is 9.90 Å². The van der Waals surface area contributed by atoms with Gasteiger partial charge in [0.05, 0.1) is 5.56 Å². The Morgan fingerprint density at radius 3 is 2.53 bits per heavy atom. The van der Waals surface area contributed by atoms with Crippen molar-refractivity contribution in [1.82, 2.24) is 4.98 Å². The molecule has 0 fully saturated rings. The molecule has 3 nitrogen and oxygen atoms in total. The van der Waals surface area contributed by atoms with Gasteiger partial charge in [-0.15, -0.1) is 0 Å². The maximum absolute atomic E-state index is 10.7. The minimum Gasteiger partial charge on any atom is -0.478 e. The molecule has 0 unspecified atom stereocenters. The Bertz CT molecular complexity index is 449. The molecule has 1 aromatic heterocycles. The lowest BCUT2D eigenvalue weighted by Gasteiger charge is -1.94. The molecule has 0 amide bonds. The highest BCUT2D eigenvalue weighted by Gasteiger charge is 2.03. The number of rotatable bonds is 2. The van der Waals surface area contributed by atoms with E-state index in [0.717, 1.165) is 0 Å². The summed E-state index contributed by atoms with van der Waals surface area (Å²) in [5.74, 6) is -1.01. The van der Waals surface area contributed by atoms with E-state index in [1.54, 1.807) is 6.08 Å². The topological polar surface area (TPSA) is 50.2 Å². The van der Waals surface area contributed by atoms with Gasteiger partial charge in [-0.25, -0.2) is 4.79 Å². The molecular weight excluding hydrogens is 190 g/mol. The van der Waals surface area contributed by atoms with Gasteiger partial charge in [0.1, 0.15) is 0 Å². The fourth-order valence-corrected chi connectivity index (χ4v) is 0.999. The maximum atomic E-state index is 10.7. The van der Waals surface area contributed by atoms with Crippen molar-refractivity contribution in [2.24, 2.45) is 0 Å². The summed E-state index contributed by atoms with van der Waals surface area (Å²) in [5.41, 5.74) is 0.146. The second-order valence-electron chi connectivity index (χ2n) is 2.47. The zero-order valence-electron chi connectivity index (χ0n) is 9.03. The van der Waals surface area contributed by atoms with E-state index in [9.17, 15) is 4.79 Å². The number of aromatic nitrogens is 1. The molecule has 0 radical (unpaired) electrons. The highest BCUT2D eigenvalue weighted by atomic mass is 16.4. The van der Waals surface area contributed by atoms with E-state index in [-0.39, 0.29) is 5.56 Å². The fourth-order valence-electron chi connectivity index (χ4n) is 0.999. The normalized spacial score (nSPS) is 10.1. The van der Waals surface area contributed by atoms with Crippen LogP contribution in [0.2, 0.25) is 0 Å². The number of carboxylic acids is 1. The summed E-state index contributed by atoms with van der Waals surface area (Å²) in [5, 5.41) is 9.93. The molecule has 0 atom stereocenters. The lowest BCUT2D eigenvalue weighted by atomic mass is 10.2. The Morgan fingerprint density at radius 1 is 1.47 bits per heavy atom. The predicted octanol–water partition coefficient (Wildman–Crippen LogP) is 1.18. The molecule has 15 heavy (non-hydrogen) atoms. The Labute approximate surface area is 89.1 Å². The van der Waals surface area contributed by atoms with Crippen LogP contribution < -0.4 is 10.4 Å². The molecule has 0 aliphatic carbocycles. The van der Waals surface area contributed by atoms with E-state index in [2.05, 4.69) is 18.1 Å². The van der Waals surface area contributed by atoms with Crippen molar-refractivity contribution in [3.63, 3.8) is 0 Å². The summed E-state index contributed by atoms with van der Waals surface area (Å²) < 4.78 is 0. The van der Waals surface area contributed by atoms with Crippen LogP contribution in [0.4, 0.5) is 0 Å². The van der Waals surface area contributed by atoms with Crippen LogP contribution in [0.15, 0.2) is 25.0 Å². The summed E-state index contributed by atoms with van der Waals surface area (Å²) in [6, 6.07) is 0. The van der Waals surface area contributed by atoms with Crippen molar-refractivity contribution in [1.29, 1.82) is 0 Å². The predicted molar refractivity (Wildman–Crippen MR) is 62.0 cm³/mol. The Hall–Kier alpha value is -1.90. The van der Waals surface area contributed by atoms with Gasteiger partial charge in [-0.05, 0) is 10.4 Å². The van der Waals surface area contributed by atoms with Crippen LogP contribution in [-0.4, -0.2) is 16.1 Å². The third-order valence-electron chi connectivity index (χ3n) is 1.59. The summed E-state index contributed by atoms with van der Waals surface area (Å²) >= 11 is 0. The van der Waals surface area contributed by atoms with E-state index >= 15 is 0 Å². The first kappa shape index (κ1) is 13.1. The van der Waals surface area contributed by atoms with Crippen LogP contribution in [0.1, 0.15) is 24.2 Å². The maximum Gasteiger partial charge on any atom is 0.337 e. The third-order valence-corrected chi connectivity index (χ3v) is 1.59. The second kappa shape index (κ2) is 6.54. The molecule has 0 aromatic carbocycles. The molecule has 1 rings (SSSR count). The highest BCUT2D eigenvalue weighted by Crippen LogP contribution is 1.84. The quantitative estimate of drug-likeness (QED) is 0.788. The zero-order valence-corrected chi connectivity index (χ0v) is 9.03. The highest BCUT2D eigenvalue weighted by molar-refractivity contribution is 5.87. The zero-order chi connectivity index (χ0) is 11.8. The summed E-state index contributed by atoms with van der Waals surface area (Å²) in [7, 11) is 0. The third kappa shape index (κ3) is 3.38. The number of hydrogen-bond donors (Lipinski definition) is 1. The van der Waals surface area contributed by atoms with Gasteiger partial charge in [-0.3, -0.25) is 4.98 Å². The minimum atomic E-state index is -1.01. The van der Waals surface area contributed by atoms with Crippen molar-refractivity contribution in [3.8, 4) is 0 Å². The average Bonchev–Trinajstić information content (AvgIpc) is 2.24. The minimum absolute atomic E-state index is 0.146. The molecule has 80 valence electrons. The van der Waals surface area contributed by atoms with Gasteiger partial charge in [-0.1, -0.05) is 39.2 Å². The van der Waals surface area contributed by atoms with Crippen LogP contribution >= 0.6 is 0 Å². The largest absolute Gasteiger partial charge is 0.478 e. The number of carboxylic acid groups (broad SMARTS) is 1. The van der Waals surface area contributed by atoms with E-state index < -0.39 is 5.97 Å². The number of allylic oxidation sites excluding steroid dienone is 1. The summed E-state index contributed by atoms with van der Waals surface area (Å²) in [6.07, 6.45) is 5.94. The Kier molecular flexibility index (Phi) is 5.71. The van der Waals surface area contributed by atoms with Crippen molar-refractivity contribution in [3.05, 3.63) is 41.0 Å². The Balaban J connectivity index is 0.000000921. The summed E-state index contributed by atoms with van der Waals surface area (Å²) in [4.78, 5) is 14.5. The summed E-state index contributed by atoms with van der Waals surface area (Å²) in [6.45, 7) is 11.2. The molecular formula is C12H15NO2. The Morgan fingerprint density at radius 2 is 2.07 bits per heavy atom. The van der Waals surface area contributed by atoms with E-state index in [1.165, 1.54) is 18.5 Å². The SMILES string of the molecule is C=C/C=c1/c(C(=O)O)cncc1=C.CC. The first-order chi connectivity index (χ1) is 7.16. The molecule has 3 heteroatoms. The van der Waals surface area contributed by atoms with Crippen LogP contribution in [-0.2, 0) is 0 Å². The number of nitrogens with zero attached hydrogens (tertiary/aromatic N) is 1. The number of hydrogen-bond acceptors (Lipinski definition) is 2. The number of carbonyl (C=O) groups is 1. The molecule has 0 aliphatic heterocycles. The number of pyridine rings is 1. The van der Waals surface area contributed by atoms with Crippen LogP contribution in [0.25, 0.3) is 12.7 Å². The fraction of sp³-hybridized carbons (Fsp3) is 0.167. The molecule has 1 aromatic rings. The van der Waals surface area contributed by atoms with E-state index in [1.807, 2.05) is 13.8 Å². The van der Waals surface area contributed by atoms with Gasteiger partial charge in [0.15, 0.2) is 0 Å². The standard InChI is InChI=1S/C10H9NO2.C2H6/c1-3-4-8-7(2)5-11-6-9(8)10(12)13;1-2/h3-6H,1-2H2,(H,12,13);1-2H3/b8-4+;. The van der Waals surface area contributed by atoms with Gasteiger partial charge in [0.2, 0.25) is 0 Å². The molecule has 0 bridgehead atoms. The van der Waals surface area contributed by atoms with Crippen molar-refractivity contribution in [2.45, 2.75) is 13.8 Å². The van der Waals surface area contributed by atoms with E-state index in [4.69, 9.17) is 5.11 Å². The van der Waals surface area contributed by atoms with Crippen LogP contribution in [0, 0.1) is 0 Å². The van der Waals surface area contributed by atoms with Crippen LogP contribution in [0.5, 0.6) is 0 Å². The average molecular weight is 205 g/mol. The van der Waals surface area contributed by atoms with Gasteiger partial charge in [-0.2, -0.15) is 0 Å². The molecule has 0 saturated carbocycles. The van der Waals surface area contributed by atoms with Gasteiger partial charge in [0.25, 0.3) is 0 Å². The van der Waals surface area contributed by atoms with Gasteiger partial charge < -0.3 is 5.11 Å². The lowest BCUT2D eigenvalue weighted by molar-refractivity contribution is 0.0695. The monoisotopic (exact) mass is 205 g/mol. The van der Waals surface area contributed by atoms with E-state index in [0.29, 0.717) is 10.4 Å². The molecule has 1 heterocycles. The molecule has 0 spiro atoms. The van der Waals surface area contributed by atoms with Crippen molar-refractivity contribution >= 4 is 18.6 Å².